The molecular weight excluding hydrogens is 449 g/mol. The number of carbonyl (C=O) groups excluding carboxylic acids is 2. The number of nitrogens with zero attached hydrogens (tertiary/aromatic N) is 1. The van der Waals surface area contributed by atoms with Gasteiger partial charge in [0.25, 0.3) is 0 Å². The van der Waals surface area contributed by atoms with Crippen molar-refractivity contribution in [1.29, 1.82) is 0 Å². The number of rotatable bonds is 7. The second-order valence-electron chi connectivity index (χ2n) is 10.5. The zero-order valence-corrected chi connectivity index (χ0v) is 20.7. The highest BCUT2D eigenvalue weighted by Crippen LogP contribution is 2.45. The predicted octanol–water partition coefficient (Wildman–Crippen LogP) is 6.09. The van der Waals surface area contributed by atoms with Gasteiger partial charge in [0.1, 0.15) is 23.8 Å². The van der Waals surface area contributed by atoms with Gasteiger partial charge in [-0.1, -0.05) is 30.3 Å². The third-order valence-corrected chi connectivity index (χ3v) is 6.19. The zero-order chi connectivity index (χ0) is 25.0. The quantitative estimate of drug-likeness (QED) is 0.446. The van der Waals surface area contributed by atoms with E-state index in [-0.39, 0.29) is 30.1 Å². The Labute approximate surface area is 206 Å². The van der Waals surface area contributed by atoms with Crippen molar-refractivity contribution >= 4 is 12.1 Å². The minimum atomic E-state index is -0.701. The normalized spacial score (nSPS) is 18.2. The Morgan fingerprint density at radius 3 is 2.51 bits per heavy atom. The number of hydrogen-bond acceptors (Lipinski definition) is 5. The number of carbonyl (C=O) groups is 2. The van der Waals surface area contributed by atoms with Gasteiger partial charge in [0, 0.05) is 25.1 Å². The molecule has 2 aromatic rings. The van der Waals surface area contributed by atoms with E-state index in [0.717, 1.165) is 36.8 Å². The minimum Gasteiger partial charge on any atom is -0.493 e. The third kappa shape index (κ3) is 6.96. The monoisotopic (exact) mass is 483 g/mol. The molecule has 0 N–H and O–H groups in total. The second kappa shape index (κ2) is 10.7. The summed E-state index contributed by atoms with van der Waals surface area (Å²) >= 11 is 0. The van der Waals surface area contributed by atoms with E-state index in [1.807, 2.05) is 30.3 Å². The van der Waals surface area contributed by atoms with Gasteiger partial charge in [-0.25, -0.2) is 14.0 Å². The fraction of sp³-hybridized carbons (Fsp3) is 0.500. The molecule has 1 saturated carbocycles. The highest BCUT2D eigenvalue weighted by atomic mass is 19.1. The molecular formula is C28H34FNO5. The summed E-state index contributed by atoms with van der Waals surface area (Å²) in [6.45, 7) is 7.06. The lowest BCUT2D eigenvalue weighted by Gasteiger charge is -2.32. The van der Waals surface area contributed by atoms with Crippen LogP contribution < -0.4 is 4.74 Å². The maximum atomic E-state index is 14.8. The minimum absolute atomic E-state index is 0.0563. The first kappa shape index (κ1) is 25.0. The highest BCUT2D eigenvalue weighted by Gasteiger charge is 2.31. The number of likely N-dealkylation sites (tertiary alicyclic amines) is 1. The molecule has 7 heteroatoms. The molecule has 0 radical (unpaired) electrons. The van der Waals surface area contributed by atoms with E-state index in [1.54, 1.807) is 31.7 Å². The van der Waals surface area contributed by atoms with Gasteiger partial charge in [0.15, 0.2) is 0 Å². The molecule has 1 aliphatic carbocycles. The van der Waals surface area contributed by atoms with Gasteiger partial charge < -0.3 is 19.1 Å². The standard InChI is InChI=1S/C28H34FNO5/c1-28(2,3)35-26(31)23-14-22(21-11-12-21)25(15-24(23)29)33-18-20-10-7-13-30(16-20)27(32)34-17-19-8-5-4-6-9-19/h4-6,8-9,14-15,20-21H,7,10-13,16-18H2,1-3H3. The molecule has 1 amide bonds. The SMILES string of the molecule is CC(C)(C)OC(=O)c1cc(C2CC2)c(OCC2CCCN(C(=O)OCc3ccccc3)C2)cc1F. The van der Waals surface area contributed by atoms with Crippen molar-refractivity contribution in [1.82, 2.24) is 4.90 Å². The number of benzene rings is 2. The first-order valence-corrected chi connectivity index (χ1v) is 12.3. The molecule has 2 aromatic carbocycles. The van der Waals surface area contributed by atoms with Crippen LogP contribution in [-0.4, -0.2) is 42.3 Å². The summed E-state index contributed by atoms with van der Waals surface area (Å²) in [4.78, 5) is 26.8. The number of halogens is 1. The van der Waals surface area contributed by atoms with Crippen LogP contribution >= 0.6 is 0 Å². The van der Waals surface area contributed by atoms with Gasteiger partial charge in [-0.15, -0.1) is 0 Å². The van der Waals surface area contributed by atoms with Crippen LogP contribution in [0.4, 0.5) is 9.18 Å². The van der Waals surface area contributed by atoms with Gasteiger partial charge >= 0.3 is 12.1 Å². The van der Waals surface area contributed by atoms with E-state index in [4.69, 9.17) is 14.2 Å². The van der Waals surface area contributed by atoms with E-state index < -0.39 is 17.4 Å². The lowest BCUT2D eigenvalue weighted by Crippen LogP contribution is -2.41. The molecule has 0 bridgehead atoms. The molecule has 1 aliphatic heterocycles. The Morgan fingerprint density at radius 1 is 1.09 bits per heavy atom. The summed E-state index contributed by atoms with van der Waals surface area (Å²) in [5.41, 5.74) is 1.04. The Hall–Kier alpha value is -3.09. The van der Waals surface area contributed by atoms with Crippen LogP contribution in [0.2, 0.25) is 0 Å². The van der Waals surface area contributed by atoms with Crippen molar-refractivity contribution < 1.29 is 28.2 Å². The molecule has 4 rings (SSSR count). The molecule has 1 unspecified atom stereocenters. The summed E-state index contributed by atoms with van der Waals surface area (Å²) in [5.74, 6) is -0.453. The van der Waals surface area contributed by atoms with E-state index >= 15 is 0 Å². The molecule has 0 spiro atoms. The number of piperidine rings is 1. The molecule has 6 nitrogen and oxygen atoms in total. The maximum absolute atomic E-state index is 14.8. The molecule has 0 aromatic heterocycles. The first-order valence-electron chi connectivity index (χ1n) is 12.3. The van der Waals surface area contributed by atoms with Crippen molar-refractivity contribution in [3.8, 4) is 5.75 Å². The summed E-state index contributed by atoms with van der Waals surface area (Å²) in [7, 11) is 0. The Morgan fingerprint density at radius 2 is 1.83 bits per heavy atom. The van der Waals surface area contributed by atoms with Crippen LogP contribution in [-0.2, 0) is 16.1 Å². The topological polar surface area (TPSA) is 65.1 Å². The second-order valence-corrected chi connectivity index (χ2v) is 10.5. The number of esters is 1. The van der Waals surface area contributed by atoms with Gasteiger partial charge in [-0.3, -0.25) is 0 Å². The fourth-order valence-electron chi connectivity index (χ4n) is 4.28. The number of ether oxygens (including phenoxy) is 3. The van der Waals surface area contributed by atoms with E-state index in [1.165, 1.54) is 6.07 Å². The summed E-state index contributed by atoms with van der Waals surface area (Å²) in [5, 5.41) is 0. The largest absolute Gasteiger partial charge is 0.493 e. The molecule has 188 valence electrons. The van der Waals surface area contributed by atoms with Crippen LogP contribution in [0.1, 0.15) is 73.9 Å². The van der Waals surface area contributed by atoms with Crippen LogP contribution in [0.25, 0.3) is 0 Å². The summed E-state index contributed by atoms with van der Waals surface area (Å²) < 4.78 is 31.8. The Bertz CT molecular complexity index is 1050. The number of hydrogen-bond donors (Lipinski definition) is 0. The lowest BCUT2D eigenvalue weighted by molar-refractivity contribution is 0.00644. The fourth-order valence-corrected chi connectivity index (χ4v) is 4.28. The average Bonchev–Trinajstić information content (AvgIpc) is 3.66. The summed E-state index contributed by atoms with van der Waals surface area (Å²) in [6, 6.07) is 12.5. The maximum Gasteiger partial charge on any atom is 0.410 e. The van der Waals surface area contributed by atoms with Gasteiger partial charge in [0.05, 0.1) is 12.2 Å². The molecule has 2 fully saturated rings. The molecule has 1 saturated heterocycles. The molecule has 1 heterocycles. The van der Waals surface area contributed by atoms with Gasteiger partial charge in [-0.05, 0) is 69.6 Å². The molecule has 35 heavy (non-hydrogen) atoms. The average molecular weight is 484 g/mol. The lowest BCUT2D eigenvalue weighted by atomic mass is 9.99. The zero-order valence-electron chi connectivity index (χ0n) is 20.7. The van der Waals surface area contributed by atoms with E-state index in [0.29, 0.717) is 25.4 Å². The summed E-state index contributed by atoms with van der Waals surface area (Å²) in [6.07, 6.45) is 3.42. The third-order valence-electron chi connectivity index (χ3n) is 6.19. The Balaban J connectivity index is 1.36. The number of amides is 1. The van der Waals surface area contributed by atoms with E-state index in [2.05, 4.69) is 0 Å². The van der Waals surface area contributed by atoms with E-state index in [9.17, 15) is 14.0 Å². The van der Waals surface area contributed by atoms with Crippen molar-refractivity contribution in [3.63, 3.8) is 0 Å². The smallest absolute Gasteiger partial charge is 0.410 e. The van der Waals surface area contributed by atoms with Gasteiger partial charge in [0.2, 0.25) is 0 Å². The van der Waals surface area contributed by atoms with Crippen LogP contribution in [0.5, 0.6) is 5.75 Å². The van der Waals surface area contributed by atoms with Crippen LogP contribution in [0, 0.1) is 11.7 Å². The molecule has 1 atom stereocenters. The first-order chi connectivity index (χ1) is 16.7. The van der Waals surface area contributed by atoms with Crippen LogP contribution in [0.15, 0.2) is 42.5 Å². The van der Waals surface area contributed by atoms with Crippen molar-refractivity contribution in [2.24, 2.45) is 5.92 Å². The Kier molecular flexibility index (Phi) is 7.63. The predicted molar refractivity (Wildman–Crippen MR) is 130 cm³/mol. The highest BCUT2D eigenvalue weighted by molar-refractivity contribution is 5.90. The molecule has 2 aliphatic rings. The van der Waals surface area contributed by atoms with Gasteiger partial charge in [-0.2, -0.15) is 0 Å². The van der Waals surface area contributed by atoms with Crippen molar-refractivity contribution in [2.75, 3.05) is 19.7 Å². The van der Waals surface area contributed by atoms with Crippen molar-refractivity contribution in [3.05, 3.63) is 65.0 Å². The van der Waals surface area contributed by atoms with Crippen LogP contribution in [0.3, 0.4) is 0 Å². The van der Waals surface area contributed by atoms with Crippen molar-refractivity contribution in [2.45, 2.75) is 64.6 Å².